The first kappa shape index (κ1) is 15.7. The molecule has 0 radical (unpaired) electrons. The molecule has 0 fully saturated rings. The lowest BCUT2D eigenvalue weighted by molar-refractivity contribution is -0.142. The molecule has 0 saturated heterocycles. The van der Waals surface area contributed by atoms with Crippen LogP contribution in [-0.4, -0.2) is 35.5 Å². The highest BCUT2D eigenvalue weighted by Crippen LogP contribution is 2.04. The van der Waals surface area contributed by atoms with E-state index < -0.39 is 23.8 Å². The second-order valence-electron chi connectivity index (χ2n) is 4.75. The molecule has 1 aromatic rings. The number of carboxylic acids is 1. The quantitative estimate of drug-likeness (QED) is 0.679. The van der Waals surface area contributed by atoms with Gasteiger partial charge in [0.25, 0.3) is 5.91 Å². The van der Waals surface area contributed by atoms with Crippen molar-refractivity contribution in [3.05, 3.63) is 24.2 Å². The zero-order valence-corrected chi connectivity index (χ0v) is 11.4. The molecule has 0 unspecified atom stereocenters. The predicted octanol–water partition coefficient (Wildman–Crippen LogP) is 0.625. The van der Waals surface area contributed by atoms with Crippen molar-refractivity contribution in [2.75, 3.05) is 6.54 Å². The number of hydrogen-bond donors (Lipinski definition) is 3. The summed E-state index contributed by atoms with van der Waals surface area (Å²) in [7, 11) is 0. The van der Waals surface area contributed by atoms with E-state index in [9.17, 15) is 14.4 Å². The molecule has 1 rings (SSSR count). The summed E-state index contributed by atoms with van der Waals surface area (Å²) in [4.78, 5) is 34.1. The Balaban J connectivity index is 2.42. The van der Waals surface area contributed by atoms with Gasteiger partial charge in [0.15, 0.2) is 5.76 Å². The van der Waals surface area contributed by atoms with Crippen molar-refractivity contribution < 1.29 is 23.9 Å². The number of carboxylic acid groups (broad SMARTS) is 1. The Morgan fingerprint density at radius 1 is 1.35 bits per heavy atom. The number of carbonyl (C=O) groups is 3. The van der Waals surface area contributed by atoms with Crippen LogP contribution in [0.2, 0.25) is 0 Å². The number of nitrogens with one attached hydrogen (secondary N) is 2. The lowest BCUT2D eigenvalue weighted by Gasteiger charge is -2.16. The molecule has 1 atom stereocenters. The van der Waals surface area contributed by atoms with Crippen LogP contribution in [0.15, 0.2) is 22.8 Å². The Morgan fingerprint density at radius 3 is 2.55 bits per heavy atom. The Kier molecular flexibility index (Phi) is 5.76. The third kappa shape index (κ3) is 5.13. The molecule has 1 heterocycles. The first-order valence-electron chi connectivity index (χ1n) is 6.24. The Labute approximate surface area is 116 Å². The number of hydrogen-bond acceptors (Lipinski definition) is 4. The molecule has 0 aliphatic heterocycles. The highest BCUT2D eigenvalue weighted by atomic mass is 16.4. The Hall–Kier alpha value is -2.31. The predicted molar refractivity (Wildman–Crippen MR) is 70.1 cm³/mol. The van der Waals surface area contributed by atoms with Crippen molar-refractivity contribution in [1.29, 1.82) is 0 Å². The average Bonchev–Trinajstić information content (AvgIpc) is 2.88. The summed E-state index contributed by atoms with van der Waals surface area (Å²) in [6.45, 7) is 3.42. The molecule has 1 aromatic heterocycles. The van der Waals surface area contributed by atoms with Crippen molar-refractivity contribution in [3.8, 4) is 0 Å². The molecule has 7 heteroatoms. The summed E-state index contributed by atoms with van der Waals surface area (Å²) in [5, 5.41) is 13.7. The van der Waals surface area contributed by atoms with E-state index in [1.807, 2.05) is 13.8 Å². The largest absolute Gasteiger partial charge is 0.480 e. The fourth-order valence-electron chi connectivity index (χ4n) is 1.59. The lowest BCUT2D eigenvalue weighted by Crippen LogP contribution is -2.46. The monoisotopic (exact) mass is 282 g/mol. The zero-order chi connectivity index (χ0) is 15.1. The van der Waals surface area contributed by atoms with E-state index in [4.69, 9.17) is 9.52 Å². The van der Waals surface area contributed by atoms with E-state index in [2.05, 4.69) is 10.6 Å². The van der Waals surface area contributed by atoms with E-state index >= 15 is 0 Å². The molecule has 0 spiro atoms. The molecule has 110 valence electrons. The SMILES string of the molecule is CC(C)C[C@H](NC(=O)CNC(=O)c1ccco1)C(=O)O. The molecule has 3 N–H and O–H groups in total. The summed E-state index contributed by atoms with van der Waals surface area (Å²) >= 11 is 0. The normalized spacial score (nSPS) is 11.9. The number of carbonyl (C=O) groups excluding carboxylic acids is 2. The molecule has 7 nitrogen and oxygen atoms in total. The maximum atomic E-state index is 11.6. The minimum absolute atomic E-state index is 0.0924. The van der Waals surface area contributed by atoms with Gasteiger partial charge in [-0.05, 0) is 24.5 Å². The van der Waals surface area contributed by atoms with Gasteiger partial charge in [0.05, 0.1) is 12.8 Å². The molecule has 20 heavy (non-hydrogen) atoms. The zero-order valence-electron chi connectivity index (χ0n) is 11.4. The standard InChI is InChI=1S/C13H18N2O5/c1-8(2)6-9(13(18)19)15-11(16)7-14-12(17)10-4-3-5-20-10/h3-5,8-9H,6-7H2,1-2H3,(H,14,17)(H,15,16)(H,18,19)/t9-/m0/s1. The van der Waals surface area contributed by atoms with Crippen molar-refractivity contribution in [2.45, 2.75) is 26.3 Å². The maximum Gasteiger partial charge on any atom is 0.326 e. The summed E-state index contributed by atoms with van der Waals surface area (Å²) in [5.74, 6) is -1.95. The van der Waals surface area contributed by atoms with Crippen LogP contribution in [-0.2, 0) is 9.59 Å². The van der Waals surface area contributed by atoms with E-state index in [1.165, 1.54) is 12.3 Å². The summed E-state index contributed by atoms with van der Waals surface area (Å²) in [6, 6.07) is 2.06. The maximum absolute atomic E-state index is 11.6. The van der Waals surface area contributed by atoms with E-state index in [0.717, 1.165) is 0 Å². The fraction of sp³-hybridized carbons (Fsp3) is 0.462. The van der Waals surface area contributed by atoms with Gasteiger partial charge in [0.2, 0.25) is 5.91 Å². The van der Waals surface area contributed by atoms with Crippen LogP contribution >= 0.6 is 0 Å². The molecule has 0 aliphatic rings. The number of rotatable bonds is 7. The van der Waals surface area contributed by atoms with Gasteiger partial charge in [-0.2, -0.15) is 0 Å². The van der Waals surface area contributed by atoms with Crippen LogP contribution in [0.3, 0.4) is 0 Å². The molecule has 2 amide bonds. The first-order chi connectivity index (χ1) is 9.40. The highest BCUT2D eigenvalue weighted by molar-refractivity contribution is 5.94. The second-order valence-corrected chi connectivity index (χ2v) is 4.75. The topological polar surface area (TPSA) is 109 Å². The van der Waals surface area contributed by atoms with Crippen LogP contribution in [0.1, 0.15) is 30.8 Å². The minimum atomic E-state index is -1.09. The van der Waals surface area contributed by atoms with Gasteiger partial charge in [-0.15, -0.1) is 0 Å². The van der Waals surface area contributed by atoms with Crippen molar-refractivity contribution in [1.82, 2.24) is 10.6 Å². The summed E-state index contributed by atoms with van der Waals surface area (Å²) in [6.07, 6.45) is 1.67. The third-order valence-corrected chi connectivity index (χ3v) is 2.49. The van der Waals surface area contributed by atoms with Crippen molar-refractivity contribution in [3.63, 3.8) is 0 Å². The van der Waals surface area contributed by atoms with Crippen molar-refractivity contribution in [2.24, 2.45) is 5.92 Å². The van der Waals surface area contributed by atoms with Crippen LogP contribution in [0, 0.1) is 5.92 Å². The third-order valence-electron chi connectivity index (χ3n) is 2.49. The number of furan rings is 1. The minimum Gasteiger partial charge on any atom is -0.480 e. The molecule has 0 bridgehead atoms. The summed E-state index contributed by atoms with van der Waals surface area (Å²) < 4.78 is 4.86. The van der Waals surface area contributed by atoms with Crippen LogP contribution in [0.5, 0.6) is 0 Å². The molecule has 0 aromatic carbocycles. The van der Waals surface area contributed by atoms with Gasteiger partial charge < -0.3 is 20.2 Å². The van der Waals surface area contributed by atoms with E-state index in [0.29, 0.717) is 6.42 Å². The van der Waals surface area contributed by atoms with Gasteiger partial charge in [-0.3, -0.25) is 9.59 Å². The second kappa shape index (κ2) is 7.32. The highest BCUT2D eigenvalue weighted by Gasteiger charge is 2.21. The Bertz CT molecular complexity index is 467. The van der Waals surface area contributed by atoms with Gasteiger partial charge in [0.1, 0.15) is 6.04 Å². The number of amides is 2. The average molecular weight is 282 g/mol. The molecule has 0 saturated carbocycles. The van der Waals surface area contributed by atoms with Crippen LogP contribution < -0.4 is 10.6 Å². The van der Waals surface area contributed by atoms with Crippen molar-refractivity contribution >= 4 is 17.8 Å². The fourth-order valence-corrected chi connectivity index (χ4v) is 1.59. The van der Waals surface area contributed by atoms with Crippen LogP contribution in [0.25, 0.3) is 0 Å². The first-order valence-corrected chi connectivity index (χ1v) is 6.24. The molecule has 0 aliphatic carbocycles. The lowest BCUT2D eigenvalue weighted by atomic mass is 10.0. The molecular weight excluding hydrogens is 264 g/mol. The van der Waals surface area contributed by atoms with E-state index in [1.54, 1.807) is 6.07 Å². The van der Waals surface area contributed by atoms with Crippen LogP contribution in [0.4, 0.5) is 0 Å². The van der Waals surface area contributed by atoms with Gasteiger partial charge in [-0.1, -0.05) is 13.8 Å². The van der Waals surface area contributed by atoms with E-state index in [-0.39, 0.29) is 18.2 Å². The summed E-state index contributed by atoms with van der Waals surface area (Å²) in [5.41, 5.74) is 0. The van der Waals surface area contributed by atoms with Gasteiger partial charge in [0, 0.05) is 0 Å². The van der Waals surface area contributed by atoms with Gasteiger partial charge >= 0.3 is 5.97 Å². The Morgan fingerprint density at radius 2 is 2.05 bits per heavy atom. The smallest absolute Gasteiger partial charge is 0.326 e. The van der Waals surface area contributed by atoms with Gasteiger partial charge in [-0.25, -0.2) is 4.79 Å². The number of aliphatic carboxylic acids is 1. The molecular formula is C13H18N2O5.